The van der Waals surface area contributed by atoms with Crippen LogP contribution in [0.4, 0.5) is 10.5 Å². The molecule has 1 aromatic heterocycles. The van der Waals surface area contributed by atoms with Crippen molar-refractivity contribution in [3.8, 4) is 11.5 Å². The number of piperidine rings is 1. The fourth-order valence-electron chi connectivity index (χ4n) is 6.71. The summed E-state index contributed by atoms with van der Waals surface area (Å²) in [6, 6.07) is 13.7. The number of anilines is 1. The van der Waals surface area contributed by atoms with Gasteiger partial charge < -0.3 is 29.4 Å². The number of hydrogen-bond acceptors (Lipinski definition) is 5. The van der Waals surface area contributed by atoms with Crippen LogP contribution in [0.15, 0.2) is 42.5 Å². The van der Waals surface area contributed by atoms with E-state index in [9.17, 15) is 9.90 Å². The van der Waals surface area contributed by atoms with Crippen molar-refractivity contribution in [2.45, 2.75) is 37.1 Å². The van der Waals surface area contributed by atoms with Gasteiger partial charge in [-0.1, -0.05) is 0 Å². The molecule has 2 amide bonds. The van der Waals surface area contributed by atoms with Crippen molar-refractivity contribution in [3.05, 3.63) is 53.7 Å². The van der Waals surface area contributed by atoms with E-state index in [0.717, 1.165) is 54.6 Å². The maximum atomic E-state index is 13.2. The van der Waals surface area contributed by atoms with Gasteiger partial charge >= 0.3 is 6.03 Å². The molecule has 2 N–H and O–H groups in total. The number of urea groups is 1. The second-order valence-corrected chi connectivity index (χ2v) is 11.2. The Bertz CT molecular complexity index is 1320. The van der Waals surface area contributed by atoms with E-state index in [1.54, 1.807) is 14.2 Å². The molecule has 202 valence electrons. The standard InChI is InChI=1S/C30H38N4O4/c1-32-25-16-23(38-3)10-11-24(25)27-28(32)26(18-35)34(17-20-4-5-20)19-30(27)12-14-33(15-13-30)29(36)31-21-6-8-22(37-2)9-7-21/h6-11,16,20,26,35H,4-5,12-15,17-19H2,1-3H3,(H,31,36)/t26-/m1/s1. The molecule has 2 aromatic carbocycles. The highest BCUT2D eigenvalue weighted by Crippen LogP contribution is 2.51. The lowest BCUT2D eigenvalue weighted by atomic mass is 9.68. The monoisotopic (exact) mass is 518 g/mol. The number of likely N-dealkylation sites (tertiary alicyclic amines) is 1. The number of amides is 2. The van der Waals surface area contributed by atoms with Crippen LogP contribution in [0.1, 0.15) is 43.0 Å². The van der Waals surface area contributed by atoms with E-state index in [-0.39, 0.29) is 24.1 Å². The lowest BCUT2D eigenvalue weighted by Gasteiger charge is -2.50. The van der Waals surface area contributed by atoms with Crippen LogP contribution in [0.3, 0.4) is 0 Å². The predicted octanol–water partition coefficient (Wildman–Crippen LogP) is 4.52. The summed E-state index contributed by atoms with van der Waals surface area (Å²) in [6.45, 7) is 3.43. The molecule has 3 aromatic rings. The number of hydrogen-bond donors (Lipinski definition) is 2. The number of aliphatic hydroxyl groups is 1. The first-order valence-corrected chi connectivity index (χ1v) is 13.7. The molecule has 6 rings (SSSR count). The molecular weight excluding hydrogens is 480 g/mol. The number of nitrogens with zero attached hydrogens (tertiary/aromatic N) is 3. The van der Waals surface area contributed by atoms with Crippen LogP contribution < -0.4 is 14.8 Å². The second-order valence-electron chi connectivity index (χ2n) is 11.2. The van der Waals surface area contributed by atoms with Crippen molar-refractivity contribution in [3.63, 3.8) is 0 Å². The average Bonchev–Trinajstić information content (AvgIpc) is 3.71. The van der Waals surface area contributed by atoms with E-state index in [0.29, 0.717) is 13.1 Å². The van der Waals surface area contributed by atoms with Gasteiger partial charge in [0.2, 0.25) is 0 Å². The lowest BCUT2D eigenvalue weighted by molar-refractivity contribution is 0.0498. The summed E-state index contributed by atoms with van der Waals surface area (Å²) in [7, 11) is 5.45. The molecule has 2 fully saturated rings. The van der Waals surface area contributed by atoms with Crippen molar-refractivity contribution in [1.29, 1.82) is 0 Å². The highest BCUT2D eigenvalue weighted by atomic mass is 16.5. The van der Waals surface area contributed by atoms with Gasteiger partial charge in [-0.2, -0.15) is 0 Å². The number of methoxy groups -OCH3 is 2. The first-order valence-electron chi connectivity index (χ1n) is 13.7. The number of benzene rings is 2. The predicted molar refractivity (Wildman–Crippen MR) is 148 cm³/mol. The van der Waals surface area contributed by atoms with Crippen molar-refractivity contribution in [1.82, 2.24) is 14.4 Å². The van der Waals surface area contributed by atoms with Gasteiger partial charge in [0, 0.05) is 61.5 Å². The van der Waals surface area contributed by atoms with E-state index in [4.69, 9.17) is 9.47 Å². The molecule has 8 heteroatoms. The van der Waals surface area contributed by atoms with Crippen molar-refractivity contribution >= 4 is 22.6 Å². The molecular formula is C30H38N4O4. The Morgan fingerprint density at radius 1 is 1.05 bits per heavy atom. The van der Waals surface area contributed by atoms with Crippen molar-refractivity contribution in [2.24, 2.45) is 13.0 Å². The maximum Gasteiger partial charge on any atom is 0.321 e. The Morgan fingerprint density at radius 2 is 1.74 bits per heavy atom. The van der Waals surface area contributed by atoms with Crippen LogP contribution in [0.2, 0.25) is 0 Å². The first kappa shape index (κ1) is 25.1. The van der Waals surface area contributed by atoms with Gasteiger partial charge in [-0.3, -0.25) is 4.90 Å². The molecule has 8 nitrogen and oxygen atoms in total. The molecule has 0 radical (unpaired) electrons. The summed E-state index contributed by atoms with van der Waals surface area (Å²) >= 11 is 0. The zero-order valence-electron chi connectivity index (χ0n) is 22.6. The fourth-order valence-corrected chi connectivity index (χ4v) is 6.71. The summed E-state index contributed by atoms with van der Waals surface area (Å²) < 4.78 is 13.1. The van der Waals surface area contributed by atoms with Crippen LogP contribution in [0.5, 0.6) is 11.5 Å². The number of ether oxygens (including phenoxy) is 2. The Morgan fingerprint density at radius 3 is 2.37 bits per heavy atom. The lowest BCUT2D eigenvalue weighted by Crippen LogP contribution is -2.55. The van der Waals surface area contributed by atoms with E-state index in [1.807, 2.05) is 35.2 Å². The largest absolute Gasteiger partial charge is 0.497 e. The third-order valence-corrected chi connectivity index (χ3v) is 8.96. The van der Waals surface area contributed by atoms with E-state index in [1.165, 1.54) is 29.5 Å². The maximum absolute atomic E-state index is 13.2. The molecule has 3 aliphatic rings. The molecule has 1 atom stereocenters. The summed E-state index contributed by atoms with van der Waals surface area (Å²) in [5.74, 6) is 2.33. The van der Waals surface area contributed by atoms with E-state index >= 15 is 0 Å². The molecule has 38 heavy (non-hydrogen) atoms. The Labute approximate surface area is 224 Å². The minimum absolute atomic E-state index is 0.0176. The minimum atomic E-state index is -0.0686. The Hall–Kier alpha value is -3.23. The van der Waals surface area contributed by atoms with Gasteiger partial charge in [0.15, 0.2) is 0 Å². The number of rotatable bonds is 6. The average molecular weight is 519 g/mol. The summed E-state index contributed by atoms with van der Waals surface area (Å²) in [5, 5.41) is 14.9. The van der Waals surface area contributed by atoms with Crippen LogP contribution in [0, 0.1) is 5.92 Å². The van der Waals surface area contributed by atoms with Gasteiger partial charge in [-0.05, 0) is 73.6 Å². The number of carbonyl (C=O) groups excluding carboxylic acids is 1. The fraction of sp³-hybridized carbons (Fsp3) is 0.500. The normalized spacial score (nSPS) is 20.9. The smallest absolute Gasteiger partial charge is 0.321 e. The van der Waals surface area contributed by atoms with E-state index < -0.39 is 0 Å². The number of aliphatic hydroxyl groups excluding tert-OH is 1. The quantitative estimate of drug-likeness (QED) is 0.502. The first-order chi connectivity index (χ1) is 18.5. The summed E-state index contributed by atoms with van der Waals surface area (Å²) in [5.41, 5.74) is 4.42. The van der Waals surface area contributed by atoms with Crippen LogP contribution >= 0.6 is 0 Å². The number of fused-ring (bicyclic) bond motifs is 4. The van der Waals surface area contributed by atoms with Gasteiger partial charge in [0.25, 0.3) is 0 Å². The van der Waals surface area contributed by atoms with Gasteiger partial charge in [0.1, 0.15) is 11.5 Å². The topological polar surface area (TPSA) is 79.2 Å². The number of nitrogens with one attached hydrogen (secondary N) is 1. The molecule has 1 aliphatic carbocycles. The number of carbonyl (C=O) groups is 1. The van der Waals surface area contributed by atoms with Crippen LogP contribution in [-0.2, 0) is 12.5 Å². The van der Waals surface area contributed by atoms with Crippen molar-refractivity contribution in [2.75, 3.05) is 52.3 Å². The van der Waals surface area contributed by atoms with Gasteiger partial charge in [0.05, 0.1) is 32.4 Å². The summed E-state index contributed by atoms with van der Waals surface area (Å²) in [6.07, 6.45) is 4.33. The number of aromatic nitrogens is 1. The van der Waals surface area contributed by atoms with Crippen LogP contribution in [-0.4, -0.2) is 72.5 Å². The SMILES string of the molecule is COc1ccc(NC(=O)N2CCC3(CC2)CN(CC2CC2)[C@H](CO)c2c3c3ccc(OC)cc3n2C)cc1. The van der Waals surface area contributed by atoms with Gasteiger partial charge in [-0.25, -0.2) is 4.79 Å². The summed E-state index contributed by atoms with van der Waals surface area (Å²) in [4.78, 5) is 17.6. The van der Waals surface area contributed by atoms with E-state index in [2.05, 4.69) is 34.0 Å². The molecule has 0 unspecified atom stereocenters. The molecule has 1 saturated heterocycles. The zero-order valence-corrected chi connectivity index (χ0v) is 22.6. The zero-order chi connectivity index (χ0) is 26.4. The van der Waals surface area contributed by atoms with Crippen LogP contribution in [0.25, 0.3) is 10.9 Å². The minimum Gasteiger partial charge on any atom is -0.497 e. The third kappa shape index (κ3) is 4.29. The third-order valence-electron chi connectivity index (χ3n) is 8.96. The highest BCUT2D eigenvalue weighted by molar-refractivity contribution is 5.90. The molecule has 1 saturated carbocycles. The van der Waals surface area contributed by atoms with Gasteiger partial charge in [-0.15, -0.1) is 0 Å². The molecule has 1 spiro atoms. The van der Waals surface area contributed by atoms with Crippen molar-refractivity contribution < 1.29 is 19.4 Å². The number of aryl methyl sites for hydroxylation is 1. The molecule has 3 heterocycles. The molecule has 2 aliphatic heterocycles. The molecule has 0 bridgehead atoms. The Balaban J connectivity index is 1.31. The highest BCUT2D eigenvalue weighted by Gasteiger charge is 2.49. The second kappa shape index (κ2) is 9.82. The Kier molecular flexibility index (Phi) is 6.48.